The number of rotatable bonds is 7. The molecule has 2 aromatic heterocycles. The molecule has 11 nitrogen and oxygen atoms in total. The second-order valence-electron chi connectivity index (χ2n) is 12.9. The zero-order valence-electron chi connectivity index (χ0n) is 25.6. The first kappa shape index (κ1) is 30.8. The number of aromatic amines is 2. The maximum atomic E-state index is 14.1. The predicted octanol–water partition coefficient (Wildman–Crippen LogP) is 4.14. The van der Waals surface area contributed by atoms with Gasteiger partial charge in [-0.1, -0.05) is 12.1 Å². The summed E-state index contributed by atoms with van der Waals surface area (Å²) in [5.74, 6) is -1.29. The van der Waals surface area contributed by atoms with Crippen LogP contribution in [0.2, 0.25) is 0 Å². The number of ether oxygens (including phenoxy) is 1. The summed E-state index contributed by atoms with van der Waals surface area (Å²) < 4.78 is 21.2. The number of hydrogen-bond acceptors (Lipinski definition) is 5. The molecular formula is C32H39FN6O5. The first-order chi connectivity index (χ1) is 20.7. The lowest BCUT2D eigenvalue weighted by molar-refractivity contribution is -0.138. The number of para-hydroxylation sites is 2. The highest BCUT2D eigenvalue weighted by atomic mass is 19.1. The number of aromatic nitrogens is 3. The predicted molar refractivity (Wildman–Crippen MR) is 165 cm³/mol. The van der Waals surface area contributed by atoms with Gasteiger partial charge in [0.05, 0.1) is 11.0 Å². The number of alkyl carbamates (subject to hydrolysis) is 1. The number of halogens is 1. The minimum absolute atomic E-state index is 0.0932. The van der Waals surface area contributed by atoms with Crippen LogP contribution in [-0.2, 0) is 20.7 Å². The SMILES string of the molecule is CC(C)(C)OC(=O)NC(C)(C)C(=O)NC(Cc1c[nH]c2ccc(F)cc12)C(=O)N1CCC(n2c(=O)[nH]c3ccccc32)CC1. The first-order valence-electron chi connectivity index (χ1n) is 14.8. The van der Waals surface area contributed by atoms with E-state index >= 15 is 0 Å². The van der Waals surface area contributed by atoms with E-state index in [1.54, 1.807) is 42.5 Å². The van der Waals surface area contributed by atoms with Gasteiger partial charge < -0.3 is 30.2 Å². The molecule has 1 fully saturated rings. The van der Waals surface area contributed by atoms with E-state index in [1.807, 2.05) is 24.3 Å². The van der Waals surface area contributed by atoms with Gasteiger partial charge in [0, 0.05) is 42.7 Å². The van der Waals surface area contributed by atoms with Gasteiger partial charge in [-0.25, -0.2) is 14.0 Å². The summed E-state index contributed by atoms with van der Waals surface area (Å²) in [6.07, 6.45) is 2.15. The van der Waals surface area contributed by atoms with E-state index in [0.717, 1.165) is 11.0 Å². The second kappa shape index (κ2) is 11.8. The van der Waals surface area contributed by atoms with Crippen LogP contribution >= 0.6 is 0 Å². The van der Waals surface area contributed by atoms with Gasteiger partial charge in [-0.15, -0.1) is 0 Å². The Hall–Kier alpha value is -4.61. The maximum absolute atomic E-state index is 14.1. The molecule has 3 amide bonds. The maximum Gasteiger partial charge on any atom is 0.408 e. The average Bonchev–Trinajstić information content (AvgIpc) is 3.50. The quantitative estimate of drug-likeness (QED) is 0.250. The van der Waals surface area contributed by atoms with Crippen molar-refractivity contribution in [3.8, 4) is 0 Å². The van der Waals surface area contributed by atoms with Gasteiger partial charge in [0.2, 0.25) is 11.8 Å². The molecule has 0 bridgehead atoms. The summed E-state index contributed by atoms with van der Waals surface area (Å²) in [7, 11) is 0. The molecule has 44 heavy (non-hydrogen) atoms. The fraction of sp³-hybridized carbons (Fsp3) is 0.438. The first-order valence-corrected chi connectivity index (χ1v) is 14.8. The third-order valence-corrected chi connectivity index (χ3v) is 7.90. The van der Waals surface area contributed by atoms with Gasteiger partial charge in [-0.05, 0) is 83.4 Å². The number of fused-ring (bicyclic) bond motifs is 2. The normalized spacial score (nSPS) is 15.4. The topological polar surface area (TPSA) is 141 Å². The Labute approximate surface area is 254 Å². The largest absolute Gasteiger partial charge is 0.444 e. The van der Waals surface area contributed by atoms with Gasteiger partial charge >= 0.3 is 11.8 Å². The molecule has 0 aliphatic carbocycles. The van der Waals surface area contributed by atoms with E-state index in [1.165, 1.54) is 26.0 Å². The van der Waals surface area contributed by atoms with Crippen molar-refractivity contribution in [1.82, 2.24) is 30.1 Å². The number of carbonyl (C=O) groups is 3. The molecule has 1 unspecified atom stereocenters. The number of H-pyrrole nitrogens is 2. The number of carbonyl (C=O) groups excluding carboxylic acids is 3. The monoisotopic (exact) mass is 606 g/mol. The Bertz CT molecular complexity index is 1760. The minimum atomic E-state index is -1.41. The molecule has 2 aromatic carbocycles. The van der Waals surface area contributed by atoms with Crippen molar-refractivity contribution in [3.63, 3.8) is 0 Å². The van der Waals surface area contributed by atoms with E-state index in [0.29, 0.717) is 42.4 Å². The lowest BCUT2D eigenvalue weighted by atomic mass is 9.98. The van der Waals surface area contributed by atoms with E-state index in [-0.39, 0.29) is 24.1 Å². The smallest absolute Gasteiger partial charge is 0.408 e. The highest BCUT2D eigenvalue weighted by molar-refractivity contribution is 5.94. The molecule has 4 N–H and O–H groups in total. The highest BCUT2D eigenvalue weighted by Crippen LogP contribution is 2.27. The highest BCUT2D eigenvalue weighted by Gasteiger charge is 2.37. The van der Waals surface area contributed by atoms with Crippen molar-refractivity contribution in [2.24, 2.45) is 0 Å². The molecule has 0 radical (unpaired) electrons. The number of benzene rings is 2. The van der Waals surface area contributed by atoms with Crippen LogP contribution in [0.15, 0.2) is 53.5 Å². The molecule has 12 heteroatoms. The number of piperidine rings is 1. The Morgan fingerprint density at radius 3 is 2.45 bits per heavy atom. The summed E-state index contributed by atoms with van der Waals surface area (Å²) in [4.78, 5) is 60.4. The third kappa shape index (κ3) is 6.63. The summed E-state index contributed by atoms with van der Waals surface area (Å²) in [5, 5.41) is 6.04. The number of nitrogens with zero attached hydrogens (tertiary/aromatic N) is 2. The number of hydrogen-bond donors (Lipinski definition) is 4. The second-order valence-corrected chi connectivity index (χ2v) is 12.9. The van der Waals surface area contributed by atoms with Crippen LogP contribution in [-0.4, -0.2) is 67.6 Å². The fourth-order valence-corrected chi connectivity index (χ4v) is 5.70. The molecule has 3 heterocycles. The van der Waals surface area contributed by atoms with Gasteiger partial charge in [0.1, 0.15) is 23.0 Å². The summed E-state index contributed by atoms with van der Waals surface area (Å²) in [6.45, 7) is 8.97. The van der Waals surface area contributed by atoms with Gasteiger partial charge in [0.25, 0.3) is 0 Å². The zero-order valence-corrected chi connectivity index (χ0v) is 25.6. The van der Waals surface area contributed by atoms with Crippen LogP contribution < -0.4 is 16.3 Å². The molecule has 1 saturated heterocycles. The molecular weight excluding hydrogens is 567 g/mol. The number of amides is 3. The van der Waals surface area contributed by atoms with Crippen LogP contribution in [0.25, 0.3) is 21.9 Å². The van der Waals surface area contributed by atoms with Crippen molar-refractivity contribution in [3.05, 3.63) is 70.5 Å². The number of likely N-dealkylation sites (tertiary alicyclic amines) is 1. The number of nitrogens with one attached hydrogen (secondary N) is 4. The van der Waals surface area contributed by atoms with Crippen LogP contribution in [0.4, 0.5) is 9.18 Å². The fourth-order valence-electron chi connectivity index (χ4n) is 5.70. The van der Waals surface area contributed by atoms with Gasteiger partial charge in [-0.2, -0.15) is 0 Å². The van der Waals surface area contributed by atoms with Crippen molar-refractivity contribution >= 4 is 39.8 Å². The molecule has 234 valence electrons. The standard InChI is InChI=1S/C32H39FN6O5/c1-31(2,3)44-30(43)37-32(4,5)28(41)35-25(16-19-18-34-23-11-10-20(33)17-22(19)23)27(40)38-14-12-21(13-15-38)39-26-9-7-6-8-24(26)36-29(39)42/h6-11,17-18,21,25,34H,12-16H2,1-5H3,(H,35,41)(H,36,42)(H,37,43). The Morgan fingerprint density at radius 1 is 1.05 bits per heavy atom. The van der Waals surface area contributed by atoms with Crippen LogP contribution in [0.5, 0.6) is 0 Å². The zero-order chi connectivity index (χ0) is 31.8. The average molecular weight is 607 g/mol. The Balaban J connectivity index is 1.35. The number of imidazole rings is 1. The minimum Gasteiger partial charge on any atom is -0.444 e. The van der Waals surface area contributed by atoms with Crippen LogP contribution in [0.1, 0.15) is 59.1 Å². The summed E-state index contributed by atoms with van der Waals surface area (Å²) >= 11 is 0. The van der Waals surface area contributed by atoms with E-state index < -0.39 is 35.0 Å². The Kier molecular flexibility index (Phi) is 8.28. The molecule has 0 saturated carbocycles. The molecule has 1 atom stereocenters. The van der Waals surface area contributed by atoms with Crippen molar-refractivity contribution < 1.29 is 23.5 Å². The summed E-state index contributed by atoms with van der Waals surface area (Å²) in [6, 6.07) is 10.8. The van der Waals surface area contributed by atoms with Crippen molar-refractivity contribution in [1.29, 1.82) is 0 Å². The molecule has 4 aromatic rings. The third-order valence-electron chi connectivity index (χ3n) is 7.90. The lowest BCUT2D eigenvalue weighted by Crippen LogP contribution is -2.60. The van der Waals surface area contributed by atoms with E-state index in [4.69, 9.17) is 4.74 Å². The van der Waals surface area contributed by atoms with Crippen molar-refractivity contribution in [2.45, 2.75) is 77.1 Å². The summed E-state index contributed by atoms with van der Waals surface area (Å²) in [5.41, 5.74) is 0.593. The van der Waals surface area contributed by atoms with Crippen molar-refractivity contribution in [2.75, 3.05) is 13.1 Å². The molecule has 1 aliphatic heterocycles. The van der Waals surface area contributed by atoms with Crippen LogP contribution in [0, 0.1) is 5.82 Å². The Morgan fingerprint density at radius 2 is 1.75 bits per heavy atom. The van der Waals surface area contributed by atoms with E-state index in [2.05, 4.69) is 20.6 Å². The lowest BCUT2D eigenvalue weighted by Gasteiger charge is -2.36. The van der Waals surface area contributed by atoms with Crippen LogP contribution in [0.3, 0.4) is 0 Å². The van der Waals surface area contributed by atoms with Gasteiger partial charge in [-0.3, -0.25) is 14.2 Å². The molecule has 1 aliphatic rings. The van der Waals surface area contributed by atoms with E-state index in [9.17, 15) is 23.6 Å². The molecule has 5 rings (SSSR count). The van der Waals surface area contributed by atoms with Gasteiger partial charge in [0.15, 0.2) is 0 Å². The molecule has 0 spiro atoms.